The fourth-order valence-electron chi connectivity index (χ4n) is 3.72. The highest BCUT2D eigenvalue weighted by molar-refractivity contribution is 7.89. The average Bonchev–Trinajstić information content (AvgIpc) is 2.78. The van der Waals surface area contributed by atoms with Gasteiger partial charge in [-0.05, 0) is 55.2 Å². The van der Waals surface area contributed by atoms with Gasteiger partial charge in [0.25, 0.3) is 0 Å². The SMILES string of the molecule is CC(=O)Nc1ccc(NC(=O)CCc2ccc(S(=O)(=O)N3CCCCC3)cc2)c(C(F)(F)F)c1. The lowest BCUT2D eigenvalue weighted by Gasteiger charge is -2.25. The van der Waals surface area contributed by atoms with Crippen molar-refractivity contribution in [3.8, 4) is 0 Å². The predicted molar refractivity (Wildman–Crippen MR) is 122 cm³/mol. The minimum atomic E-state index is -4.73. The number of alkyl halides is 3. The van der Waals surface area contributed by atoms with E-state index in [0.717, 1.165) is 31.4 Å². The highest BCUT2D eigenvalue weighted by Crippen LogP contribution is 2.36. The number of carbonyl (C=O) groups excluding carboxylic acids is 2. The van der Waals surface area contributed by atoms with Gasteiger partial charge in [0.15, 0.2) is 0 Å². The number of nitrogens with zero attached hydrogens (tertiary/aromatic N) is 1. The van der Waals surface area contributed by atoms with Crippen LogP contribution in [0.2, 0.25) is 0 Å². The standard InChI is InChI=1S/C23H26F3N3O4S/c1-16(30)27-18-8-11-21(20(15-18)23(24,25)26)28-22(31)12-7-17-5-9-19(10-6-17)34(32,33)29-13-3-2-4-14-29/h5-6,8-11,15H,2-4,7,12-14H2,1H3,(H,27,30)(H,28,31). The highest BCUT2D eigenvalue weighted by atomic mass is 32.2. The summed E-state index contributed by atoms with van der Waals surface area (Å²) in [6, 6.07) is 9.30. The summed E-state index contributed by atoms with van der Waals surface area (Å²) in [5.74, 6) is -1.14. The molecule has 0 bridgehead atoms. The van der Waals surface area contributed by atoms with Gasteiger partial charge in [0.1, 0.15) is 0 Å². The Hall–Kier alpha value is -2.92. The summed E-state index contributed by atoms with van der Waals surface area (Å²) in [5, 5.41) is 4.56. The Morgan fingerprint density at radius 2 is 1.62 bits per heavy atom. The third kappa shape index (κ3) is 6.57. The first kappa shape index (κ1) is 25.7. The quantitative estimate of drug-likeness (QED) is 0.592. The van der Waals surface area contributed by atoms with Crippen LogP contribution in [0.4, 0.5) is 24.5 Å². The van der Waals surface area contributed by atoms with Gasteiger partial charge in [0.2, 0.25) is 21.8 Å². The van der Waals surface area contributed by atoms with Gasteiger partial charge in [-0.1, -0.05) is 18.6 Å². The van der Waals surface area contributed by atoms with Crippen LogP contribution in [0.25, 0.3) is 0 Å². The van der Waals surface area contributed by atoms with E-state index in [1.54, 1.807) is 12.1 Å². The van der Waals surface area contributed by atoms with E-state index in [4.69, 9.17) is 0 Å². The molecule has 2 aromatic carbocycles. The van der Waals surface area contributed by atoms with E-state index in [1.807, 2.05) is 0 Å². The molecule has 34 heavy (non-hydrogen) atoms. The third-order valence-electron chi connectivity index (χ3n) is 5.44. The smallest absolute Gasteiger partial charge is 0.326 e. The second kappa shape index (κ2) is 10.6. The molecule has 0 unspecified atom stereocenters. The Bertz CT molecular complexity index is 1140. The molecule has 1 aliphatic rings. The maximum Gasteiger partial charge on any atom is 0.418 e. The fourth-order valence-corrected chi connectivity index (χ4v) is 5.24. The number of hydrogen-bond acceptors (Lipinski definition) is 4. The maximum atomic E-state index is 13.4. The molecule has 0 radical (unpaired) electrons. The monoisotopic (exact) mass is 497 g/mol. The second-order valence-corrected chi connectivity index (χ2v) is 10.0. The van der Waals surface area contributed by atoms with E-state index in [0.29, 0.717) is 18.7 Å². The second-order valence-electron chi connectivity index (χ2n) is 8.10. The molecule has 11 heteroatoms. The normalized spacial score (nSPS) is 15.1. The topological polar surface area (TPSA) is 95.6 Å². The zero-order valence-corrected chi connectivity index (χ0v) is 19.4. The number of aryl methyl sites for hydroxylation is 1. The number of sulfonamides is 1. The van der Waals surface area contributed by atoms with Crippen molar-refractivity contribution in [3.63, 3.8) is 0 Å². The van der Waals surface area contributed by atoms with Crippen molar-refractivity contribution in [2.45, 2.75) is 50.1 Å². The van der Waals surface area contributed by atoms with Crippen LogP contribution in [0.3, 0.4) is 0 Å². The fraction of sp³-hybridized carbons (Fsp3) is 0.391. The molecule has 2 aromatic rings. The molecule has 1 heterocycles. The number of hydrogen-bond donors (Lipinski definition) is 2. The van der Waals surface area contributed by atoms with Gasteiger partial charge in [0, 0.05) is 32.1 Å². The van der Waals surface area contributed by atoms with Crippen LogP contribution >= 0.6 is 0 Å². The lowest BCUT2D eigenvalue weighted by Crippen LogP contribution is -2.35. The van der Waals surface area contributed by atoms with Crippen molar-refractivity contribution >= 4 is 33.2 Å². The molecule has 7 nitrogen and oxygen atoms in total. The van der Waals surface area contributed by atoms with Gasteiger partial charge in [-0.25, -0.2) is 8.42 Å². The van der Waals surface area contributed by atoms with Gasteiger partial charge < -0.3 is 10.6 Å². The molecule has 1 fully saturated rings. The van der Waals surface area contributed by atoms with Crippen LogP contribution in [0.1, 0.15) is 43.7 Å². The van der Waals surface area contributed by atoms with E-state index in [2.05, 4.69) is 10.6 Å². The Kier molecular flexibility index (Phi) is 7.98. The summed E-state index contributed by atoms with van der Waals surface area (Å²) in [5.41, 5.74) is -0.823. The number of benzene rings is 2. The molecular formula is C23H26F3N3O4S. The molecule has 184 valence electrons. The zero-order chi connectivity index (χ0) is 24.9. The largest absolute Gasteiger partial charge is 0.418 e. The van der Waals surface area contributed by atoms with Crippen molar-refractivity contribution in [1.82, 2.24) is 4.31 Å². The number of anilines is 2. The van der Waals surface area contributed by atoms with Crippen LogP contribution in [-0.4, -0.2) is 37.6 Å². The van der Waals surface area contributed by atoms with Gasteiger partial charge in [-0.2, -0.15) is 17.5 Å². The summed E-state index contributed by atoms with van der Waals surface area (Å²) in [6.07, 6.45) is -1.93. The van der Waals surface area contributed by atoms with Crippen molar-refractivity contribution in [1.29, 1.82) is 0 Å². The number of carbonyl (C=O) groups is 2. The Balaban J connectivity index is 1.63. The summed E-state index contributed by atoms with van der Waals surface area (Å²) in [7, 11) is -3.56. The number of nitrogens with one attached hydrogen (secondary N) is 2. The van der Waals surface area contributed by atoms with Crippen molar-refractivity contribution in [2.75, 3.05) is 23.7 Å². The van der Waals surface area contributed by atoms with Crippen LogP contribution in [0, 0.1) is 0 Å². The number of halogens is 3. The summed E-state index contributed by atoms with van der Waals surface area (Å²) in [6.45, 7) is 2.17. The van der Waals surface area contributed by atoms with E-state index >= 15 is 0 Å². The molecule has 0 aromatic heterocycles. The van der Waals surface area contributed by atoms with E-state index in [-0.39, 0.29) is 23.4 Å². The summed E-state index contributed by atoms with van der Waals surface area (Å²) in [4.78, 5) is 23.6. The minimum Gasteiger partial charge on any atom is -0.326 e. The van der Waals surface area contributed by atoms with E-state index < -0.39 is 39.3 Å². The average molecular weight is 498 g/mol. The molecule has 1 saturated heterocycles. The van der Waals surface area contributed by atoms with Crippen molar-refractivity contribution in [3.05, 3.63) is 53.6 Å². The first-order chi connectivity index (χ1) is 16.0. The summed E-state index contributed by atoms with van der Waals surface area (Å²) >= 11 is 0. The molecule has 3 rings (SSSR count). The Morgan fingerprint density at radius 1 is 0.971 bits per heavy atom. The highest BCUT2D eigenvalue weighted by Gasteiger charge is 2.34. The van der Waals surface area contributed by atoms with Gasteiger partial charge in [0.05, 0.1) is 16.1 Å². The molecule has 0 saturated carbocycles. The molecule has 1 aliphatic heterocycles. The number of piperidine rings is 1. The third-order valence-corrected chi connectivity index (χ3v) is 7.35. The molecule has 0 atom stereocenters. The van der Waals surface area contributed by atoms with E-state index in [9.17, 15) is 31.2 Å². The first-order valence-electron chi connectivity index (χ1n) is 10.8. The Morgan fingerprint density at radius 3 is 2.21 bits per heavy atom. The molecule has 0 aliphatic carbocycles. The maximum absolute atomic E-state index is 13.4. The summed E-state index contributed by atoms with van der Waals surface area (Å²) < 4.78 is 67.1. The van der Waals surface area contributed by atoms with Crippen LogP contribution < -0.4 is 10.6 Å². The van der Waals surface area contributed by atoms with Crippen molar-refractivity contribution < 1.29 is 31.2 Å². The van der Waals surface area contributed by atoms with Gasteiger partial charge in [-0.15, -0.1) is 0 Å². The van der Waals surface area contributed by atoms with Gasteiger partial charge >= 0.3 is 6.18 Å². The molecule has 2 N–H and O–H groups in total. The zero-order valence-electron chi connectivity index (χ0n) is 18.6. The molecule has 0 spiro atoms. The van der Waals surface area contributed by atoms with Crippen LogP contribution in [0.5, 0.6) is 0 Å². The first-order valence-corrected chi connectivity index (χ1v) is 12.3. The number of amides is 2. The van der Waals surface area contributed by atoms with Gasteiger partial charge in [-0.3, -0.25) is 9.59 Å². The predicted octanol–water partition coefficient (Wildman–Crippen LogP) is 4.41. The van der Waals surface area contributed by atoms with Crippen LogP contribution in [0.15, 0.2) is 47.4 Å². The van der Waals surface area contributed by atoms with E-state index in [1.165, 1.54) is 29.4 Å². The molecule has 2 amide bonds. The van der Waals surface area contributed by atoms with Crippen LogP contribution in [-0.2, 0) is 32.2 Å². The lowest BCUT2D eigenvalue weighted by molar-refractivity contribution is -0.137. The number of rotatable bonds is 7. The minimum absolute atomic E-state index is 0.0302. The molecular weight excluding hydrogens is 471 g/mol. The Labute approximate surface area is 196 Å². The van der Waals surface area contributed by atoms with Crippen molar-refractivity contribution in [2.24, 2.45) is 0 Å². The lowest BCUT2D eigenvalue weighted by atomic mass is 10.1.